The lowest BCUT2D eigenvalue weighted by atomic mass is 10.2. The first kappa shape index (κ1) is 6.84. The molecule has 60 valence electrons. The first-order valence-corrected chi connectivity index (χ1v) is 3.54. The molecule has 0 saturated heterocycles. The predicted molar refractivity (Wildman–Crippen MR) is 46.2 cm³/mol. The molecule has 0 bridgehead atoms. The minimum absolute atomic E-state index is 0.0699. The summed E-state index contributed by atoms with van der Waals surface area (Å²) in [6.45, 7) is 0. The second kappa shape index (κ2) is 2.34. The molecule has 0 saturated carbocycles. The molecule has 3 N–H and O–H groups in total. The minimum atomic E-state index is 0.0699. The average molecular weight is 160 g/mol. The summed E-state index contributed by atoms with van der Waals surface area (Å²) >= 11 is 0. The van der Waals surface area contributed by atoms with Crippen molar-refractivity contribution in [2.45, 2.75) is 0 Å². The van der Waals surface area contributed by atoms with Crippen LogP contribution < -0.4 is 5.73 Å². The van der Waals surface area contributed by atoms with E-state index in [1.165, 1.54) is 0 Å². The fourth-order valence-corrected chi connectivity index (χ4v) is 1.08. The van der Waals surface area contributed by atoms with Gasteiger partial charge < -0.3 is 10.1 Å². The fourth-order valence-electron chi connectivity index (χ4n) is 1.08. The fraction of sp³-hybridized carbons (Fsp3) is 0. The number of nitrogens with one attached hydrogen (secondary N) is 1. The molecule has 0 aromatic carbocycles. The van der Waals surface area contributed by atoms with Crippen LogP contribution in [0.2, 0.25) is 0 Å². The summed E-state index contributed by atoms with van der Waals surface area (Å²) in [6, 6.07) is 3.57. The predicted octanol–water partition coefficient (Wildman–Crippen LogP) is 0.618. The third-order valence-electron chi connectivity index (χ3n) is 1.71. The molecule has 12 heavy (non-hydrogen) atoms. The van der Waals surface area contributed by atoms with Crippen molar-refractivity contribution in [2.75, 3.05) is 0 Å². The number of hydrogen-bond acceptors (Lipinski definition) is 2. The van der Waals surface area contributed by atoms with Gasteiger partial charge in [-0.3, -0.25) is 5.41 Å². The molecular formula is C8H8N4. The average Bonchev–Trinajstić information content (AvgIpc) is 2.49. The summed E-state index contributed by atoms with van der Waals surface area (Å²) < 4.78 is 1.87. The smallest absolute Gasteiger partial charge is 0.137 e. The SMILES string of the molecule is N=C(N)c1ccn2ccnc2c1. The lowest BCUT2D eigenvalue weighted by Crippen LogP contribution is -2.11. The third-order valence-corrected chi connectivity index (χ3v) is 1.71. The molecule has 0 aliphatic rings. The quantitative estimate of drug-likeness (QED) is 0.474. The number of nitrogens with two attached hydrogens (primary N) is 1. The zero-order valence-corrected chi connectivity index (χ0v) is 6.36. The van der Waals surface area contributed by atoms with Gasteiger partial charge in [0, 0.05) is 24.2 Å². The van der Waals surface area contributed by atoms with Crippen molar-refractivity contribution in [2.24, 2.45) is 5.73 Å². The zero-order chi connectivity index (χ0) is 8.55. The number of nitrogen functional groups attached to an aromatic ring is 1. The maximum Gasteiger partial charge on any atom is 0.137 e. The molecule has 0 atom stereocenters. The highest BCUT2D eigenvalue weighted by molar-refractivity contribution is 5.95. The third kappa shape index (κ3) is 0.934. The minimum Gasteiger partial charge on any atom is -0.384 e. The highest BCUT2D eigenvalue weighted by atomic mass is 15.0. The summed E-state index contributed by atoms with van der Waals surface area (Å²) in [4.78, 5) is 4.07. The van der Waals surface area contributed by atoms with Gasteiger partial charge in [0.05, 0.1) is 0 Å². The van der Waals surface area contributed by atoms with Crippen molar-refractivity contribution in [1.29, 1.82) is 5.41 Å². The van der Waals surface area contributed by atoms with Gasteiger partial charge >= 0.3 is 0 Å². The van der Waals surface area contributed by atoms with Crippen molar-refractivity contribution in [1.82, 2.24) is 9.38 Å². The van der Waals surface area contributed by atoms with Gasteiger partial charge in [-0.05, 0) is 12.1 Å². The van der Waals surface area contributed by atoms with Gasteiger partial charge in [0.2, 0.25) is 0 Å². The Kier molecular flexibility index (Phi) is 1.33. The molecule has 2 rings (SSSR count). The van der Waals surface area contributed by atoms with Crippen molar-refractivity contribution in [3.8, 4) is 0 Å². The number of nitrogens with zero attached hydrogens (tertiary/aromatic N) is 2. The molecule has 0 aliphatic heterocycles. The van der Waals surface area contributed by atoms with Crippen LogP contribution >= 0.6 is 0 Å². The monoisotopic (exact) mass is 160 g/mol. The summed E-state index contributed by atoms with van der Waals surface area (Å²) in [5, 5.41) is 7.20. The van der Waals surface area contributed by atoms with Crippen LogP contribution in [0.15, 0.2) is 30.7 Å². The van der Waals surface area contributed by atoms with Crippen molar-refractivity contribution < 1.29 is 0 Å². The molecule has 0 radical (unpaired) electrons. The van der Waals surface area contributed by atoms with Crippen molar-refractivity contribution >= 4 is 11.5 Å². The van der Waals surface area contributed by atoms with E-state index in [0.29, 0.717) is 5.56 Å². The van der Waals surface area contributed by atoms with Gasteiger partial charge in [0.15, 0.2) is 0 Å². The van der Waals surface area contributed by atoms with E-state index in [0.717, 1.165) is 5.65 Å². The van der Waals surface area contributed by atoms with E-state index in [-0.39, 0.29) is 5.84 Å². The Labute approximate surface area is 69.2 Å². The maximum atomic E-state index is 7.20. The second-order valence-corrected chi connectivity index (χ2v) is 2.52. The van der Waals surface area contributed by atoms with Crippen LogP contribution in [0.4, 0.5) is 0 Å². The Morgan fingerprint density at radius 1 is 1.50 bits per heavy atom. The molecule has 2 aromatic rings. The molecule has 0 aliphatic carbocycles. The van der Waals surface area contributed by atoms with Gasteiger partial charge in [-0.15, -0.1) is 0 Å². The summed E-state index contributed by atoms with van der Waals surface area (Å²) in [5.74, 6) is 0.0699. The molecule has 4 nitrogen and oxygen atoms in total. The van der Waals surface area contributed by atoms with Crippen molar-refractivity contribution in [3.63, 3.8) is 0 Å². The number of amidine groups is 1. The van der Waals surface area contributed by atoms with Crippen LogP contribution in [0.25, 0.3) is 5.65 Å². The number of fused-ring (bicyclic) bond motifs is 1. The first-order valence-electron chi connectivity index (χ1n) is 3.54. The van der Waals surface area contributed by atoms with E-state index in [9.17, 15) is 0 Å². The van der Waals surface area contributed by atoms with Crippen molar-refractivity contribution in [3.05, 3.63) is 36.3 Å². The first-order chi connectivity index (χ1) is 5.77. The summed E-state index contributed by atoms with van der Waals surface area (Å²) in [5.41, 5.74) is 6.83. The summed E-state index contributed by atoms with van der Waals surface area (Å²) in [6.07, 6.45) is 5.39. The topological polar surface area (TPSA) is 67.2 Å². The van der Waals surface area contributed by atoms with Crippen LogP contribution in [0.1, 0.15) is 5.56 Å². The lowest BCUT2D eigenvalue weighted by molar-refractivity contribution is 1.18. The van der Waals surface area contributed by atoms with Gasteiger partial charge in [0.1, 0.15) is 11.5 Å². The molecule has 0 amide bonds. The van der Waals surface area contributed by atoms with E-state index in [1.54, 1.807) is 18.3 Å². The lowest BCUT2D eigenvalue weighted by Gasteiger charge is -1.97. The summed E-state index contributed by atoms with van der Waals surface area (Å²) in [7, 11) is 0. The zero-order valence-electron chi connectivity index (χ0n) is 6.36. The Balaban J connectivity index is 2.68. The van der Waals surface area contributed by atoms with Crippen LogP contribution in [0.3, 0.4) is 0 Å². The van der Waals surface area contributed by atoms with Gasteiger partial charge in [-0.25, -0.2) is 4.98 Å². The Morgan fingerprint density at radius 3 is 3.08 bits per heavy atom. The second-order valence-electron chi connectivity index (χ2n) is 2.52. The van der Waals surface area contributed by atoms with E-state index in [4.69, 9.17) is 11.1 Å². The van der Waals surface area contributed by atoms with Crippen LogP contribution in [-0.4, -0.2) is 15.2 Å². The molecule has 0 unspecified atom stereocenters. The highest BCUT2D eigenvalue weighted by Crippen LogP contribution is 2.03. The number of imidazole rings is 1. The van der Waals surface area contributed by atoms with E-state index in [2.05, 4.69) is 4.98 Å². The highest BCUT2D eigenvalue weighted by Gasteiger charge is 1.97. The normalized spacial score (nSPS) is 10.3. The number of aromatic nitrogens is 2. The number of rotatable bonds is 1. The Bertz CT molecular complexity index is 429. The van der Waals surface area contributed by atoms with Gasteiger partial charge in [-0.1, -0.05) is 0 Å². The van der Waals surface area contributed by atoms with Gasteiger partial charge in [0.25, 0.3) is 0 Å². The molecule has 4 heteroatoms. The van der Waals surface area contributed by atoms with Crippen LogP contribution in [0, 0.1) is 5.41 Å². The van der Waals surface area contributed by atoms with E-state index in [1.807, 2.05) is 16.8 Å². The van der Waals surface area contributed by atoms with Crippen LogP contribution in [0.5, 0.6) is 0 Å². The molecule has 0 fully saturated rings. The number of pyridine rings is 1. The Hall–Kier alpha value is -1.84. The number of hydrogen-bond donors (Lipinski definition) is 2. The van der Waals surface area contributed by atoms with Gasteiger partial charge in [-0.2, -0.15) is 0 Å². The standard InChI is InChI=1S/C8H8N4/c9-8(10)6-1-3-12-4-2-11-7(12)5-6/h1-5H,(H3,9,10). The van der Waals surface area contributed by atoms with Crippen LogP contribution in [-0.2, 0) is 0 Å². The molecule has 0 spiro atoms. The largest absolute Gasteiger partial charge is 0.384 e. The maximum absolute atomic E-state index is 7.20. The Morgan fingerprint density at radius 2 is 2.33 bits per heavy atom. The van der Waals surface area contributed by atoms with E-state index >= 15 is 0 Å². The molecule has 2 aromatic heterocycles. The van der Waals surface area contributed by atoms with E-state index < -0.39 is 0 Å². The molecular weight excluding hydrogens is 152 g/mol. The molecule has 2 heterocycles.